The summed E-state index contributed by atoms with van der Waals surface area (Å²) in [4.78, 5) is 0. The van der Waals surface area contributed by atoms with Gasteiger partial charge in [-0.25, -0.2) is 0 Å². The van der Waals surface area contributed by atoms with Crippen LogP contribution in [0, 0.1) is 0 Å². The molecule has 0 radical (unpaired) electrons. The predicted molar refractivity (Wildman–Crippen MR) is 141 cm³/mol. The van der Waals surface area contributed by atoms with E-state index in [1.807, 2.05) is 0 Å². The predicted octanol–water partition coefficient (Wildman–Crippen LogP) is 6.95. The van der Waals surface area contributed by atoms with Crippen LogP contribution < -0.4 is 8.79 Å². The molecule has 4 aromatic rings. The van der Waals surface area contributed by atoms with Crippen LogP contribution in [-0.4, -0.2) is 29.7 Å². The molecule has 0 heterocycles. The van der Waals surface area contributed by atoms with Gasteiger partial charge in [0.05, 0.1) is 0 Å². The summed E-state index contributed by atoms with van der Waals surface area (Å²) in [6.45, 7) is 4.25. The first-order valence-corrected chi connectivity index (χ1v) is 26.6. The first-order chi connectivity index (χ1) is 13.9. The monoisotopic (exact) mass is 598 g/mol. The molecule has 0 aliphatic carbocycles. The maximum absolute atomic E-state index is 2.45. The summed E-state index contributed by atoms with van der Waals surface area (Å²) < 4.78 is 4.78. The SMILES string of the molecule is C[C](C)=[Zr+2].[CH3][Ge]([CH3])([CH3])[c]1c[cH-]c2ccccc12.[CH3][Ge]([CH3])([CH3])[c]1c[cH-]c2ccccc12. The first kappa shape index (κ1) is 25.8. The van der Waals surface area contributed by atoms with Gasteiger partial charge in [0, 0.05) is 0 Å². The molecule has 0 saturated carbocycles. The minimum atomic E-state index is -1.64. The van der Waals surface area contributed by atoms with E-state index in [9.17, 15) is 0 Å². The molecule has 156 valence electrons. The molecule has 0 atom stereocenters. The second-order valence-corrected chi connectivity index (χ2v) is 33.8. The van der Waals surface area contributed by atoms with Crippen molar-refractivity contribution in [2.45, 2.75) is 48.4 Å². The number of hydrogen-bond donors (Lipinski definition) is 0. The quantitative estimate of drug-likeness (QED) is 0.174. The summed E-state index contributed by atoms with van der Waals surface area (Å²) in [5.41, 5.74) is 0. The van der Waals surface area contributed by atoms with Crippen LogP contribution in [0.15, 0.2) is 72.8 Å². The Hall–Kier alpha value is -0.501. The van der Waals surface area contributed by atoms with Crippen molar-refractivity contribution in [3.05, 3.63) is 72.8 Å². The summed E-state index contributed by atoms with van der Waals surface area (Å²) in [5.74, 6) is 14.7. The van der Waals surface area contributed by atoms with Crippen molar-refractivity contribution in [3.8, 4) is 0 Å². The van der Waals surface area contributed by atoms with Crippen molar-refractivity contribution in [2.75, 3.05) is 0 Å². The van der Waals surface area contributed by atoms with E-state index in [2.05, 4.69) is 121 Å². The normalized spacial score (nSPS) is 11.5. The summed E-state index contributed by atoms with van der Waals surface area (Å²) in [6.07, 6.45) is 0. The van der Waals surface area contributed by atoms with Crippen molar-refractivity contribution in [1.82, 2.24) is 0 Å². The minimum absolute atomic E-state index is 1.40. The number of rotatable bonds is 2. The number of hydrogen-bond acceptors (Lipinski definition) is 0. The van der Waals surface area contributed by atoms with Crippen molar-refractivity contribution in [3.63, 3.8) is 0 Å². The molecule has 0 nitrogen and oxygen atoms in total. The second-order valence-electron chi connectivity index (χ2n) is 10.2. The fourth-order valence-electron chi connectivity index (χ4n) is 3.61. The van der Waals surface area contributed by atoms with Gasteiger partial charge in [0.25, 0.3) is 0 Å². The van der Waals surface area contributed by atoms with Crippen molar-refractivity contribution in [1.29, 1.82) is 0 Å². The van der Waals surface area contributed by atoms with E-state index in [1.54, 1.807) is 33.0 Å². The van der Waals surface area contributed by atoms with Crippen LogP contribution in [-0.2, 0) is 24.2 Å². The van der Waals surface area contributed by atoms with Gasteiger partial charge in [0.1, 0.15) is 0 Å². The topological polar surface area (TPSA) is 0 Å². The molecular weight excluding hydrogens is 561 g/mol. The summed E-state index contributed by atoms with van der Waals surface area (Å²) >= 11 is -1.72. The fraction of sp³-hybridized carbons (Fsp3) is 0.296. The molecule has 0 aliphatic rings. The Balaban J connectivity index is 0.000000182. The molecule has 0 N–H and O–H groups in total. The Bertz CT molecular complexity index is 1010. The average molecular weight is 597 g/mol. The van der Waals surface area contributed by atoms with Crippen LogP contribution in [0.1, 0.15) is 13.8 Å². The van der Waals surface area contributed by atoms with Crippen LogP contribution in [0.5, 0.6) is 0 Å². The van der Waals surface area contributed by atoms with E-state index < -0.39 is 26.5 Å². The zero-order valence-electron chi connectivity index (χ0n) is 19.9. The third-order valence-electron chi connectivity index (χ3n) is 4.98. The van der Waals surface area contributed by atoms with Gasteiger partial charge >= 0.3 is 205 Å². The van der Waals surface area contributed by atoms with Gasteiger partial charge in [0.2, 0.25) is 0 Å². The zero-order valence-corrected chi connectivity index (χ0v) is 26.6. The third kappa shape index (κ3) is 7.28. The Morgan fingerprint density at radius 3 is 1.23 bits per heavy atom. The Morgan fingerprint density at radius 1 is 0.633 bits per heavy atom. The van der Waals surface area contributed by atoms with Crippen LogP contribution in [0.4, 0.5) is 0 Å². The van der Waals surface area contributed by atoms with Crippen molar-refractivity contribution in [2.24, 2.45) is 0 Å². The van der Waals surface area contributed by atoms with Gasteiger partial charge in [0.15, 0.2) is 0 Å². The third-order valence-corrected chi connectivity index (χ3v) is 13.6. The number of fused-ring (bicyclic) bond motifs is 2. The van der Waals surface area contributed by atoms with Gasteiger partial charge < -0.3 is 0 Å². The summed E-state index contributed by atoms with van der Waals surface area (Å²) in [7, 11) is 0. The zero-order chi connectivity index (χ0) is 22.5. The van der Waals surface area contributed by atoms with Crippen molar-refractivity contribution >= 4 is 60.1 Å². The first-order valence-electron chi connectivity index (χ1n) is 10.7. The summed E-state index contributed by atoms with van der Waals surface area (Å²) in [6, 6.07) is 26.6. The Labute approximate surface area is 203 Å². The fourth-order valence-corrected chi connectivity index (χ4v) is 10.4. The molecule has 0 amide bonds. The molecule has 4 aromatic carbocycles. The molecule has 0 unspecified atom stereocenters. The molecule has 0 aromatic heterocycles. The molecule has 0 fully saturated rings. The Morgan fingerprint density at radius 2 is 0.933 bits per heavy atom. The molecule has 0 spiro atoms. The molecule has 4 rings (SSSR count). The van der Waals surface area contributed by atoms with Gasteiger partial charge in [-0.2, -0.15) is 0 Å². The Kier molecular flexibility index (Phi) is 9.34. The maximum atomic E-state index is 2.45. The van der Waals surface area contributed by atoms with E-state index in [1.165, 1.54) is 24.8 Å². The standard InChI is InChI=1S/2C12H15Ge.C3H6.Zr/c2*1-13(2,3)12-9-8-10-6-4-5-7-11(10)12;1-3-2;/h2*4-9H,1-3H3;1-2H3;/q2*-1;;+2. The van der Waals surface area contributed by atoms with Crippen LogP contribution >= 0.6 is 0 Å². The summed E-state index contributed by atoms with van der Waals surface area (Å²) in [5, 5.41) is 5.76. The molecule has 0 saturated heterocycles. The molecule has 0 aliphatic heterocycles. The van der Waals surface area contributed by atoms with E-state index >= 15 is 0 Å². The van der Waals surface area contributed by atoms with E-state index in [0.717, 1.165) is 0 Å². The van der Waals surface area contributed by atoms with Gasteiger partial charge in [-0.3, -0.25) is 0 Å². The van der Waals surface area contributed by atoms with Gasteiger partial charge in [-0.1, -0.05) is 0 Å². The van der Waals surface area contributed by atoms with Crippen LogP contribution in [0.2, 0.25) is 34.5 Å². The number of benzene rings is 2. The van der Waals surface area contributed by atoms with Crippen molar-refractivity contribution < 1.29 is 24.2 Å². The second kappa shape index (κ2) is 10.9. The molecule has 0 bridgehead atoms. The average Bonchev–Trinajstić information content (AvgIpc) is 3.25. The van der Waals surface area contributed by atoms with E-state index in [4.69, 9.17) is 0 Å². The van der Waals surface area contributed by atoms with Crippen LogP contribution in [0.3, 0.4) is 0 Å². The molecular formula is C27H36Ge2Zr. The molecule has 30 heavy (non-hydrogen) atoms. The molecule has 3 heteroatoms. The van der Waals surface area contributed by atoms with Crippen LogP contribution in [0.25, 0.3) is 21.5 Å². The van der Waals surface area contributed by atoms with Gasteiger partial charge in [-0.15, -0.1) is 0 Å². The van der Waals surface area contributed by atoms with E-state index in [0.29, 0.717) is 0 Å². The van der Waals surface area contributed by atoms with E-state index in [-0.39, 0.29) is 0 Å². The van der Waals surface area contributed by atoms with Gasteiger partial charge in [-0.05, 0) is 0 Å².